The Morgan fingerprint density at radius 3 is 2.32 bits per heavy atom. The van der Waals surface area contributed by atoms with E-state index in [1.54, 1.807) is 0 Å². The molecule has 7 rings (SSSR count). The summed E-state index contributed by atoms with van der Waals surface area (Å²) < 4.78 is 7.97. The number of hydrogen-bond acceptors (Lipinski definition) is 8. The van der Waals surface area contributed by atoms with Gasteiger partial charge in [-0.25, -0.2) is 14.6 Å². The topological polar surface area (TPSA) is 106 Å². The fourth-order valence-corrected chi connectivity index (χ4v) is 6.21. The van der Waals surface area contributed by atoms with Gasteiger partial charge >= 0.3 is 0 Å². The lowest BCUT2D eigenvalue weighted by Crippen LogP contribution is -2.45. The molecule has 1 aliphatic carbocycles. The van der Waals surface area contributed by atoms with Gasteiger partial charge in [-0.1, -0.05) is 37.5 Å². The van der Waals surface area contributed by atoms with Gasteiger partial charge < -0.3 is 26.0 Å². The summed E-state index contributed by atoms with van der Waals surface area (Å²) in [6.07, 6.45) is 8.92. The van der Waals surface area contributed by atoms with Crippen molar-refractivity contribution < 1.29 is 4.74 Å². The number of hydrogen-bond donors (Lipinski definition) is 3. The van der Waals surface area contributed by atoms with E-state index in [4.69, 9.17) is 15.6 Å². The van der Waals surface area contributed by atoms with Crippen LogP contribution < -0.4 is 21.1 Å². The number of ether oxygens (including phenoxy) is 1. The quantitative estimate of drug-likeness (QED) is 0.310. The molecule has 216 valence electrons. The molecule has 4 aromatic rings. The zero-order chi connectivity index (χ0) is 27.9. The van der Waals surface area contributed by atoms with E-state index in [1.165, 1.54) is 77.8 Å². The highest BCUT2D eigenvalue weighted by atomic mass is 16.5. The average Bonchev–Trinajstić information content (AvgIpc) is 3.68. The molecular formula is C32H42N8O. The number of piperazine rings is 1. The number of aromatic nitrogens is 4. The van der Waals surface area contributed by atoms with Crippen molar-refractivity contribution in [2.75, 3.05) is 51.5 Å². The predicted molar refractivity (Wildman–Crippen MR) is 164 cm³/mol. The standard InChI is InChI=1S/C23H23N5O.C9H19N3/c24-22-20-21(16-11-13-19(14-12-16)29-18-9-5-2-6-10-18)27-28(23(20)26-15-25-22)17-7-3-1-4-8-17;1-2-11-7-9(1)8-12-5-3-10-4-6-12/h2,5-6,9-15,17H,1,3-4,7-8H2,(H2,24,25,26);9-11H,1-8H2. The third-order valence-electron chi connectivity index (χ3n) is 8.43. The first-order valence-electron chi connectivity index (χ1n) is 15.2. The van der Waals surface area contributed by atoms with E-state index in [0.717, 1.165) is 52.5 Å². The van der Waals surface area contributed by atoms with Gasteiger partial charge in [-0.2, -0.15) is 5.10 Å². The van der Waals surface area contributed by atoms with Crippen molar-refractivity contribution in [3.63, 3.8) is 0 Å². The molecular weight excluding hydrogens is 512 g/mol. The summed E-state index contributed by atoms with van der Waals surface area (Å²) in [7, 11) is 0. The van der Waals surface area contributed by atoms with Crippen LogP contribution in [0.5, 0.6) is 11.5 Å². The Kier molecular flexibility index (Phi) is 9.04. The second-order valence-corrected chi connectivity index (χ2v) is 11.4. The Hall–Kier alpha value is -3.53. The first-order chi connectivity index (χ1) is 20.2. The number of nitrogens with zero attached hydrogens (tertiary/aromatic N) is 5. The molecule has 0 bridgehead atoms. The van der Waals surface area contributed by atoms with E-state index in [1.807, 2.05) is 54.6 Å². The zero-order valence-electron chi connectivity index (χ0n) is 23.8. The first kappa shape index (κ1) is 27.6. The van der Waals surface area contributed by atoms with E-state index < -0.39 is 0 Å². The van der Waals surface area contributed by atoms with Crippen LogP contribution in [0.25, 0.3) is 22.3 Å². The van der Waals surface area contributed by atoms with Gasteiger partial charge in [0, 0.05) is 38.3 Å². The van der Waals surface area contributed by atoms with Gasteiger partial charge in [0.1, 0.15) is 29.3 Å². The number of rotatable bonds is 6. The highest BCUT2D eigenvalue weighted by Crippen LogP contribution is 2.36. The maximum absolute atomic E-state index is 6.24. The molecule has 9 heteroatoms. The number of fused-ring (bicyclic) bond motifs is 1. The van der Waals surface area contributed by atoms with Crippen molar-refractivity contribution >= 4 is 16.9 Å². The second-order valence-electron chi connectivity index (χ2n) is 11.4. The number of nitrogens with two attached hydrogens (primary N) is 1. The summed E-state index contributed by atoms with van der Waals surface area (Å²) in [4.78, 5) is 11.3. The third kappa shape index (κ3) is 6.86. The van der Waals surface area contributed by atoms with E-state index in [-0.39, 0.29) is 0 Å². The number of anilines is 1. The number of para-hydroxylation sites is 1. The number of nitrogens with one attached hydrogen (secondary N) is 2. The summed E-state index contributed by atoms with van der Waals surface area (Å²) in [6, 6.07) is 18.0. The lowest BCUT2D eigenvalue weighted by Gasteiger charge is -2.29. The van der Waals surface area contributed by atoms with Crippen LogP contribution >= 0.6 is 0 Å². The van der Waals surface area contributed by atoms with Crippen molar-refractivity contribution in [2.45, 2.75) is 44.6 Å². The Labute approximate surface area is 242 Å². The molecule has 2 aromatic heterocycles. The molecule has 41 heavy (non-hydrogen) atoms. The molecule has 4 heterocycles. The van der Waals surface area contributed by atoms with Crippen LogP contribution in [-0.4, -0.2) is 70.5 Å². The SMILES string of the molecule is C1CN(CC2CCNC2)CCN1.Nc1ncnc2c1c(-c1ccc(Oc3ccccc3)cc1)nn2C1CCCCC1. The highest BCUT2D eigenvalue weighted by Gasteiger charge is 2.24. The maximum Gasteiger partial charge on any atom is 0.164 e. The molecule has 1 atom stereocenters. The molecule has 3 aliphatic rings. The molecule has 2 saturated heterocycles. The van der Waals surface area contributed by atoms with Gasteiger partial charge in [-0.3, -0.25) is 0 Å². The fourth-order valence-electron chi connectivity index (χ4n) is 6.21. The van der Waals surface area contributed by atoms with Crippen LogP contribution in [0.4, 0.5) is 5.82 Å². The van der Waals surface area contributed by atoms with Crippen molar-refractivity contribution in [2.24, 2.45) is 5.92 Å². The predicted octanol–water partition coefficient (Wildman–Crippen LogP) is 4.87. The average molecular weight is 555 g/mol. The van der Waals surface area contributed by atoms with Gasteiger partial charge in [0.05, 0.1) is 11.4 Å². The molecule has 0 spiro atoms. The van der Waals surface area contributed by atoms with Crippen LogP contribution in [0.2, 0.25) is 0 Å². The maximum atomic E-state index is 6.24. The Bertz CT molecular complexity index is 1370. The normalized spacial score (nSPS) is 20.0. The minimum Gasteiger partial charge on any atom is -0.457 e. The molecule has 1 saturated carbocycles. The molecule has 0 radical (unpaired) electrons. The molecule has 1 unspecified atom stereocenters. The first-order valence-corrected chi connectivity index (χ1v) is 15.2. The Morgan fingerprint density at radius 1 is 0.829 bits per heavy atom. The summed E-state index contributed by atoms with van der Waals surface area (Å²) in [6.45, 7) is 8.64. The van der Waals surface area contributed by atoms with Crippen molar-refractivity contribution in [3.05, 3.63) is 60.9 Å². The molecule has 0 amide bonds. The smallest absolute Gasteiger partial charge is 0.164 e. The molecule has 3 fully saturated rings. The minimum atomic E-state index is 0.370. The summed E-state index contributed by atoms with van der Waals surface area (Å²) in [5.41, 5.74) is 8.87. The second kappa shape index (κ2) is 13.4. The lowest BCUT2D eigenvalue weighted by atomic mass is 9.96. The van der Waals surface area contributed by atoms with Crippen LogP contribution in [0, 0.1) is 5.92 Å². The van der Waals surface area contributed by atoms with Gasteiger partial charge in [0.25, 0.3) is 0 Å². The monoisotopic (exact) mass is 554 g/mol. The summed E-state index contributed by atoms with van der Waals surface area (Å²) in [5, 5.41) is 12.6. The fraction of sp³-hybridized carbons (Fsp3) is 0.469. The van der Waals surface area contributed by atoms with Crippen molar-refractivity contribution in [3.8, 4) is 22.8 Å². The Morgan fingerprint density at radius 2 is 1.59 bits per heavy atom. The van der Waals surface area contributed by atoms with Gasteiger partial charge in [0.15, 0.2) is 5.65 Å². The van der Waals surface area contributed by atoms with E-state index in [9.17, 15) is 0 Å². The molecule has 2 aromatic carbocycles. The van der Waals surface area contributed by atoms with Gasteiger partial charge in [-0.15, -0.1) is 0 Å². The van der Waals surface area contributed by atoms with E-state index >= 15 is 0 Å². The zero-order valence-corrected chi connectivity index (χ0v) is 23.8. The highest BCUT2D eigenvalue weighted by molar-refractivity contribution is 5.98. The van der Waals surface area contributed by atoms with E-state index in [2.05, 4.69) is 30.2 Å². The number of nitrogen functional groups attached to an aromatic ring is 1. The van der Waals surface area contributed by atoms with Gasteiger partial charge in [-0.05, 0) is 74.7 Å². The van der Waals surface area contributed by atoms with Crippen LogP contribution in [-0.2, 0) is 0 Å². The van der Waals surface area contributed by atoms with Crippen molar-refractivity contribution in [1.29, 1.82) is 0 Å². The van der Waals surface area contributed by atoms with Gasteiger partial charge in [0.2, 0.25) is 0 Å². The minimum absolute atomic E-state index is 0.370. The largest absolute Gasteiger partial charge is 0.457 e. The molecule has 2 aliphatic heterocycles. The van der Waals surface area contributed by atoms with Crippen LogP contribution in [0.3, 0.4) is 0 Å². The molecule has 4 N–H and O–H groups in total. The Balaban J connectivity index is 0.000000210. The van der Waals surface area contributed by atoms with E-state index in [0.29, 0.717) is 11.9 Å². The third-order valence-corrected chi connectivity index (χ3v) is 8.43. The number of benzene rings is 2. The molecule has 9 nitrogen and oxygen atoms in total. The van der Waals surface area contributed by atoms with Crippen molar-refractivity contribution in [1.82, 2.24) is 35.3 Å². The summed E-state index contributed by atoms with van der Waals surface area (Å²) in [5.74, 6) is 2.98. The lowest BCUT2D eigenvalue weighted by molar-refractivity contribution is 0.211. The summed E-state index contributed by atoms with van der Waals surface area (Å²) >= 11 is 0. The van der Waals surface area contributed by atoms with Crippen LogP contribution in [0.1, 0.15) is 44.6 Å². The van der Waals surface area contributed by atoms with Crippen LogP contribution in [0.15, 0.2) is 60.9 Å².